The highest BCUT2D eigenvalue weighted by Crippen LogP contribution is 2.40. The van der Waals surface area contributed by atoms with Crippen molar-refractivity contribution in [3.63, 3.8) is 0 Å². The van der Waals surface area contributed by atoms with Crippen LogP contribution >= 0.6 is 15.9 Å². The number of hydrogen-bond acceptors (Lipinski definition) is 3. The molecule has 5 heteroatoms. The zero-order chi connectivity index (χ0) is 14.8. The van der Waals surface area contributed by atoms with Crippen LogP contribution in [0, 0.1) is 5.82 Å². The van der Waals surface area contributed by atoms with E-state index in [-0.39, 0.29) is 5.82 Å². The molecule has 0 unspecified atom stereocenters. The fraction of sp³-hybridized carbons (Fsp3) is 0.375. The molecule has 0 saturated heterocycles. The van der Waals surface area contributed by atoms with E-state index in [0.717, 1.165) is 30.0 Å². The van der Waals surface area contributed by atoms with Gasteiger partial charge in [0.1, 0.15) is 11.6 Å². The van der Waals surface area contributed by atoms with Gasteiger partial charge in [-0.25, -0.2) is 14.4 Å². The Bertz CT molecular complexity index is 656. The molecule has 1 fully saturated rings. The molecule has 1 aliphatic carbocycles. The molecule has 1 aromatic carbocycles. The fourth-order valence-electron chi connectivity index (χ4n) is 2.16. The summed E-state index contributed by atoms with van der Waals surface area (Å²) in [6.07, 6.45) is 3.42. The molecule has 3 nitrogen and oxygen atoms in total. The monoisotopic (exact) mass is 349 g/mol. The number of hydrogen-bond donors (Lipinski definition) is 1. The summed E-state index contributed by atoms with van der Waals surface area (Å²) < 4.78 is 13.8. The second-order valence-electron chi connectivity index (χ2n) is 5.33. The van der Waals surface area contributed by atoms with Crippen molar-refractivity contribution in [3.8, 4) is 11.4 Å². The minimum absolute atomic E-state index is 0.276. The molecule has 2 aromatic rings. The van der Waals surface area contributed by atoms with Gasteiger partial charge in [-0.05, 0) is 53.4 Å². The fourth-order valence-corrected chi connectivity index (χ4v) is 2.54. The van der Waals surface area contributed by atoms with Gasteiger partial charge in [0.25, 0.3) is 0 Å². The van der Waals surface area contributed by atoms with Gasteiger partial charge in [0.15, 0.2) is 5.82 Å². The predicted octanol–water partition coefficient (Wildman–Crippen LogP) is 4.74. The Morgan fingerprint density at radius 3 is 2.76 bits per heavy atom. The Balaban J connectivity index is 1.99. The average Bonchev–Trinajstić information content (AvgIpc) is 3.32. The molecule has 0 aliphatic heterocycles. The van der Waals surface area contributed by atoms with Crippen LogP contribution in [-0.2, 0) is 0 Å². The molecule has 1 N–H and O–H groups in total. The minimum Gasteiger partial charge on any atom is -0.370 e. The van der Waals surface area contributed by atoms with Crippen molar-refractivity contribution in [3.05, 3.63) is 40.2 Å². The van der Waals surface area contributed by atoms with Gasteiger partial charge >= 0.3 is 0 Å². The highest BCUT2D eigenvalue weighted by atomic mass is 79.9. The highest BCUT2D eigenvalue weighted by Gasteiger charge is 2.26. The summed E-state index contributed by atoms with van der Waals surface area (Å²) in [5, 5.41) is 3.32. The van der Waals surface area contributed by atoms with Crippen molar-refractivity contribution in [1.82, 2.24) is 9.97 Å². The molecule has 0 bridgehead atoms. The Kier molecular flexibility index (Phi) is 4.19. The van der Waals surface area contributed by atoms with Crippen molar-refractivity contribution in [2.75, 3.05) is 11.9 Å². The van der Waals surface area contributed by atoms with Crippen LogP contribution in [0.4, 0.5) is 10.2 Å². The number of nitrogens with one attached hydrogen (secondary N) is 1. The third kappa shape index (κ3) is 3.40. The number of halogens is 2. The predicted molar refractivity (Wildman–Crippen MR) is 85.9 cm³/mol. The van der Waals surface area contributed by atoms with E-state index in [9.17, 15) is 4.39 Å². The first-order chi connectivity index (χ1) is 10.2. The van der Waals surface area contributed by atoms with Crippen LogP contribution < -0.4 is 5.32 Å². The number of aromatic nitrogens is 2. The summed E-state index contributed by atoms with van der Waals surface area (Å²) in [5.41, 5.74) is 1.91. The Morgan fingerprint density at radius 1 is 1.29 bits per heavy atom. The lowest BCUT2D eigenvalue weighted by Gasteiger charge is -2.09. The molecule has 0 radical (unpaired) electrons. The first-order valence-corrected chi connectivity index (χ1v) is 8.05. The zero-order valence-electron chi connectivity index (χ0n) is 11.9. The normalized spacial score (nSPS) is 14.2. The van der Waals surface area contributed by atoms with Gasteiger partial charge in [-0.15, -0.1) is 0 Å². The van der Waals surface area contributed by atoms with E-state index < -0.39 is 0 Å². The van der Waals surface area contributed by atoms with Crippen molar-refractivity contribution in [2.45, 2.75) is 32.1 Å². The van der Waals surface area contributed by atoms with Gasteiger partial charge in [0, 0.05) is 29.8 Å². The van der Waals surface area contributed by atoms with E-state index in [1.807, 2.05) is 6.07 Å². The summed E-state index contributed by atoms with van der Waals surface area (Å²) in [4.78, 5) is 9.21. The quantitative estimate of drug-likeness (QED) is 0.846. The van der Waals surface area contributed by atoms with Crippen LogP contribution in [0.2, 0.25) is 0 Å². The maximum absolute atomic E-state index is 13.4. The lowest BCUT2D eigenvalue weighted by molar-refractivity contribution is 0.621. The van der Waals surface area contributed by atoms with Crippen LogP contribution in [0.15, 0.2) is 28.7 Å². The highest BCUT2D eigenvalue weighted by molar-refractivity contribution is 9.10. The van der Waals surface area contributed by atoms with Crippen LogP contribution in [0.1, 0.15) is 37.8 Å². The molecule has 0 amide bonds. The van der Waals surface area contributed by atoms with Crippen molar-refractivity contribution >= 4 is 21.7 Å². The second kappa shape index (κ2) is 6.10. The maximum atomic E-state index is 13.4. The molecular formula is C16H17BrFN3. The van der Waals surface area contributed by atoms with Gasteiger partial charge in [0.05, 0.1) is 4.47 Å². The molecule has 1 saturated carbocycles. The summed E-state index contributed by atoms with van der Waals surface area (Å²) in [5.74, 6) is 1.78. The van der Waals surface area contributed by atoms with E-state index >= 15 is 0 Å². The first kappa shape index (κ1) is 14.4. The molecular weight excluding hydrogens is 333 g/mol. The maximum Gasteiger partial charge on any atom is 0.161 e. The number of nitrogens with zero attached hydrogens (tertiary/aromatic N) is 2. The second-order valence-corrected chi connectivity index (χ2v) is 6.19. The minimum atomic E-state index is -0.276. The van der Waals surface area contributed by atoms with Gasteiger partial charge in [0.2, 0.25) is 0 Å². The molecule has 1 heterocycles. The molecule has 0 spiro atoms. The lowest BCUT2D eigenvalue weighted by atomic mass is 10.2. The molecule has 0 atom stereocenters. The smallest absolute Gasteiger partial charge is 0.161 e. The summed E-state index contributed by atoms with van der Waals surface area (Å²) in [6.45, 7) is 3.00. The van der Waals surface area contributed by atoms with Gasteiger partial charge in [-0.3, -0.25) is 0 Å². The Hall–Kier alpha value is -1.49. The van der Waals surface area contributed by atoms with Crippen molar-refractivity contribution in [2.24, 2.45) is 0 Å². The third-order valence-corrected chi connectivity index (χ3v) is 4.08. The average molecular weight is 350 g/mol. The van der Waals surface area contributed by atoms with Crippen LogP contribution in [-0.4, -0.2) is 16.5 Å². The lowest BCUT2D eigenvalue weighted by Crippen LogP contribution is -2.05. The molecule has 3 rings (SSSR count). The van der Waals surface area contributed by atoms with Gasteiger partial charge in [-0.2, -0.15) is 0 Å². The molecule has 21 heavy (non-hydrogen) atoms. The van der Waals surface area contributed by atoms with Gasteiger partial charge in [-0.1, -0.05) is 6.92 Å². The van der Waals surface area contributed by atoms with Gasteiger partial charge < -0.3 is 5.32 Å². The van der Waals surface area contributed by atoms with Crippen molar-refractivity contribution in [1.29, 1.82) is 0 Å². The standard InChI is InChI=1S/C16H17BrFN3/c1-2-7-19-15-9-14(10-3-4-10)20-16(21-15)11-5-6-13(18)12(17)8-11/h5-6,8-10H,2-4,7H2,1H3,(H,19,20,21). The third-order valence-electron chi connectivity index (χ3n) is 3.48. The topological polar surface area (TPSA) is 37.8 Å². The number of rotatable bonds is 5. The Labute approximate surface area is 132 Å². The number of benzene rings is 1. The van der Waals surface area contributed by atoms with Crippen molar-refractivity contribution < 1.29 is 4.39 Å². The Morgan fingerprint density at radius 2 is 2.10 bits per heavy atom. The molecule has 1 aromatic heterocycles. The van der Waals surface area contributed by atoms with E-state index in [1.165, 1.54) is 18.9 Å². The summed E-state index contributed by atoms with van der Waals surface area (Å²) >= 11 is 3.22. The SMILES string of the molecule is CCCNc1cc(C2CC2)nc(-c2ccc(F)c(Br)c2)n1. The summed E-state index contributed by atoms with van der Waals surface area (Å²) in [6, 6.07) is 6.92. The first-order valence-electron chi connectivity index (χ1n) is 7.25. The van der Waals surface area contributed by atoms with Crippen LogP contribution in [0.25, 0.3) is 11.4 Å². The van der Waals surface area contributed by atoms with E-state index in [1.54, 1.807) is 12.1 Å². The van der Waals surface area contributed by atoms with E-state index in [2.05, 4.69) is 38.1 Å². The number of anilines is 1. The molecule has 1 aliphatic rings. The molecule has 110 valence electrons. The van der Waals surface area contributed by atoms with Crippen LogP contribution in [0.5, 0.6) is 0 Å². The van der Waals surface area contributed by atoms with E-state index in [4.69, 9.17) is 0 Å². The largest absolute Gasteiger partial charge is 0.370 e. The van der Waals surface area contributed by atoms with E-state index in [0.29, 0.717) is 16.2 Å². The summed E-state index contributed by atoms with van der Waals surface area (Å²) in [7, 11) is 0. The van der Waals surface area contributed by atoms with Crippen LogP contribution in [0.3, 0.4) is 0 Å². The zero-order valence-corrected chi connectivity index (χ0v) is 13.5.